The Bertz CT molecular complexity index is 500. The first-order valence-corrected chi connectivity index (χ1v) is 7.18. The van der Waals surface area contributed by atoms with Gasteiger partial charge in [-0.3, -0.25) is 0 Å². The first-order valence-electron chi connectivity index (χ1n) is 7.18. The van der Waals surface area contributed by atoms with Gasteiger partial charge in [0.25, 0.3) is 0 Å². The second kappa shape index (κ2) is 4.85. The van der Waals surface area contributed by atoms with Crippen molar-refractivity contribution in [2.24, 2.45) is 11.3 Å². The largest absolute Gasteiger partial charge is 0.497 e. The molecule has 3 atom stereocenters. The normalized spacial score (nSPS) is 30.3. The molecule has 1 saturated carbocycles. The minimum atomic E-state index is 0.159. The van der Waals surface area contributed by atoms with Crippen molar-refractivity contribution in [1.82, 2.24) is 0 Å². The summed E-state index contributed by atoms with van der Waals surface area (Å²) in [6, 6.07) is 6.32. The molecule has 2 aliphatic rings. The van der Waals surface area contributed by atoms with Crippen molar-refractivity contribution < 1.29 is 14.2 Å². The molecule has 20 heavy (non-hydrogen) atoms. The van der Waals surface area contributed by atoms with Gasteiger partial charge >= 0.3 is 0 Å². The van der Waals surface area contributed by atoms with Gasteiger partial charge in [0.1, 0.15) is 11.5 Å². The highest BCUT2D eigenvalue weighted by Crippen LogP contribution is 2.53. The van der Waals surface area contributed by atoms with E-state index in [2.05, 4.69) is 19.2 Å². The number of hydrogen-bond acceptors (Lipinski definition) is 4. The summed E-state index contributed by atoms with van der Waals surface area (Å²) in [5, 5.41) is 3.65. The van der Waals surface area contributed by atoms with Crippen molar-refractivity contribution in [3.05, 3.63) is 18.2 Å². The summed E-state index contributed by atoms with van der Waals surface area (Å²) >= 11 is 0. The molecule has 1 heterocycles. The van der Waals surface area contributed by atoms with Crippen LogP contribution in [0, 0.1) is 11.3 Å². The number of ether oxygens (including phenoxy) is 3. The Balaban J connectivity index is 1.81. The molecule has 0 radical (unpaired) electrons. The Morgan fingerprint density at radius 1 is 1.25 bits per heavy atom. The molecule has 3 rings (SSSR count). The zero-order valence-corrected chi connectivity index (χ0v) is 12.6. The van der Waals surface area contributed by atoms with E-state index < -0.39 is 0 Å². The highest BCUT2D eigenvalue weighted by Gasteiger charge is 2.59. The summed E-state index contributed by atoms with van der Waals surface area (Å²) in [6.07, 6.45) is 1.54. The standard InChI is InChI=1S/C16H23NO3/c1-16(2)14(11-7-8-20-15(11)16)17-12-6-5-10(18-3)9-13(12)19-4/h5-6,9,11,14-15,17H,7-8H2,1-4H3. The van der Waals surface area contributed by atoms with E-state index in [1.54, 1.807) is 14.2 Å². The third-order valence-electron chi connectivity index (χ3n) is 4.82. The Kier molecular flexibility index (Phi) is 3.28. The highest BCUT2D eigenvalue weighted by atomic mass is 16.5. The molecule has 1 N–H and O–H groups in total. The van der Waals surface area contributed by atoms with Crippen LogP contribution in [0.15, 0.2) is 18.2 Å². The van der Waals surface area contributed by atoms with Crippen LogP contribution in [-0.4, -0.2) is 33.0 Å². The van der Waals surface area contributed by atoms with Crippen molar-refractivity contribution in [2.75, 3.05) is 26.1 Å². The molecule has 1 saturated heterocycles. The first kappa shape index (κ1) is 13.6. The van der Waals surface area contributed by atoms with Crippen LogP contribution in [0.5, 0.6) is 11.5 Å². The quantitative estimate of drug-likeness (QED) is 0.918. The molecule has 0 spiro atoms. The van der Waals surface area contributed by atoms with Crippen LogP contribution in [0.25, 0.3) is 0 Å². The summed E-state index contributed by atoms with van der Waals surface area (Å²) in [7, 11) is 3.35. The predicted octanol–water partition coefficient (Wildman–Crippen LogP) is 2.93. The van der Waals surface area contributed by atoms with E-state index in [-0.39, 0.29) is 5.41 Å². The summed E-state index contributed by atoms with van der Waals surface area (Å²) in [5.74, 6) is 2.24. The van der Waals surface area contributed by atoms with Crippen LogP contribution in [0.4, 0.5) is 5.69 Å². The van der Waals surface area contributed by atoms with Gasteiger partial charge in [-0.15, -0.1) is 0 Å². The Labute approximate surface area is 120 Å². The second-order valence-corrected chi connectivity index (χ2v) is 6.25. The lowest BCUT2D eigenvalue weighted by Gasteiger charge is -2.55. The van der Waals surface area contributed by atoms with E-state index in [1.165, 1.54) is 0 Å². The lowest BCUT2D eigenvalue weighted by Crippen LogP contribution is -2.63. The molecule has 1 aliphatic heterocycles. The molecular formula is C16H23NO3. The molecule has 2 fully saturated rings. The van der Waals surface area contributed by atoms with Gasteiger partial charge in [-0.25, -0.2) is 0 Å². The number of rotatable bonds is 4. The maximum atomic E-state index is 5.84. The Hall–Kier alpha value is -1.42. The van der Waals surface area contributed by atoms with Crippen LogP contribution in [-0.2, 0) is 4.74 Å². The van der Waals surface area contributed by atoms with Gasteiger partial charge in [-0.1, -0.05) is 13.8 Å². The molecule has 1 aliphatic carbocycles. The van der Waals surface area contributed by atoms with Gasteiger partial charge in [0, 0.05) is 30.0 Å². The van der Waals surface area contributed by atoms with E-state index in [1.807, 2.05) is 18.2 Å². The van der Waals surface area contributed by atoms with Gasteiger partial charge in [0.2, 0.25) is 0 Å². The maximum absolute atomic E-state index is 5.84. The van der Waals surface area contributed by atoms with Crippen LogP contribution >= 0.6 is 0 Å². The third kappa shape index (κ3) is 1.94. The molecule has 110 valence electrons. The predicted molar refractivity (Wildman–Crippen MR) is 78.6 cm³/mol. The maximum Gasteiger partial charge on any atom is 0.145 e. The third-order valence-corrected chi connectivity index (χ3v) is 4.82. The van der Waals surface area contributed by atoms with E-state index >= 15 is 0 Å². The number of nitrogens with one attached hydrogen (secondary N) is 1. The minimum absolute atomic E-state index is 0.159. The average molecular weight is 277 g/mol. The van der Waals surface area contributed by atoms with E-state index in [0.717, 1.165) is 30.2 Å². The smallest absolute Gasteiger partial charge is 0.145 e. The van der Waals surface area contributed by atoms with E-state index in [0.29, 0.717) is 18.1 Å². The Morgan fingerprint density at radius 3 is 2.75 bits per heavy atom. The highest BCUT2D eigenvalue weighted by molar-refractivity contribution is 5.60. The lowest BCUT2D eigenvalue weighted by atomic mass is 9.57. The molecule has 4 heteroatoms. The van der Waals surface area contributed by atoms with Gasteiger partial charge < -0.3 is 19.5 Å². The fourth-order valence-electron chi connectivity index (χ4n) is 3.70. The second-order valence-electron chi connectivity index (χ2n) is 6.25. The fourth-order valence-corrected chi connectivity index (χ4v) is 3.70. The Morgan fingerprint density at radius 2 is 2.05 bits per heavy atom. The molecule has 4 nitrogen and oxygen atoms in total. The zero-order valence-electron chi connectivity index (χ0n) is 12.6. The molecule has 0 aromatic heterocycles. The van der Waals surface area contributed by atoms with Crippen molar-refractivity contribution in [3.63, 3.8) is 0 Å². The van der Waals surface area contributed by atoms with Crippen LogP contribution in [0.2, 0.25) is 0 Å². The zero-order chi connectivity index (χ0) is 14.3. The summed E-state index contributed by atoms with van der Waals surface area (Å²) in [4.78, 5) is 0. The van der Waals surface area contributed by atoms with E-state index in [9.17, 15) is 0 Å². The number of benzene rings is 1. The molecule has 0 amide bonds. The van der Waals surface area contributed by atoms with Gasteiger partial charge in [-0.2, -0.15) is 0 Å². The van der Waals surface area contributed by atoms with Crippen molar-refractivity contribution >= 4 is 5.69 Å². The van der Waals surface area contributed by atoms with Crippen LogP contribution in [0.3, 0.4) is 0 Å². The van der Waals surface area contributed by atoms with Crippen LogP contribution in [0.1, 0.15) is 20.3 Å². The molecular weight excluding hydrogens is 254 g/mol. The van der Waals surface area contributed by atoms with Crippen molar-refractivity contribution in [3.8, 4) is 11.5 Å². The van der Waals surface area contributed by atoms with Gasteiger partial charge in [0.05, 0.1) is 26.0 Å². The van der Waals surface area contributed by atoms with Gasteiger partial charge in [-0.05, 0) is 18.6 Å². The molecule has 3 unspecified atom stereocenters. The summed E-state index contributed by atoms with van der Waals surface area (Å²) in [6.45, 7) is 5.43. The fraction of sp³-hybridized carbons (Fsp3) is 0.625. The monoisotopic (exact) mass is 277 g/mol. The number of fused-ring (bicyclic) bond motifs is 1. The molecule has 1 aromatic carbocycles. The SMILES string of the molecule is COc1ccc(NC2C3CCOC3C2(C)C)c(OC)c1. The van der Waals surface area contributed by atoms with Gasteiger partial charge in [0.15, 0.2) is 0 Å². The number of anilines is 1. The lowest BCUT2D eigenvalue weighted by molar-refractivity contribution is -0.0923. The van der Waals surface area contributed by atoms with Crippen molar-refractivity contribution in [1.29, 1.82) is 0 Å². The summed E-state index contributed by atoms with van der Waals surface area (Å²) in [5.41, 5.74) is 1.18. The van der Waals surface area contributed by atoms with Crippen LogP contribution < -0.4 is 14.8 Å². The molecule has 0 bridgehead atoms. The van der Waals surface area contributed by atoms with E-state index in [4.69, 9.17) is 14.2 Å². The average Bonchev–Trinajstić information content (AvgIpc) is 2.91. The molecule has 1 aromatic rings. The van der Waals surface area contributed by atoms with Crippen molar-refractivity contribution in [2.45, 2.75) is 32.4 Å². The number of hydrogen-bond donors (Lipinski definition) is 1. The number of methoxy groups -OCH3 is 2. The first-order chi connectivity index (χ1) is 9.57. The topological polar surface area (TPSA) is 39.7 Å². The summed E-state index contributed by atoms with van der Waals surface area (Å²) < 4.78 is 16.5. The minimum Gasteiger partial charge on any atom is -0.497 e.